The predicted octanol–water partition coefficient (Wildman–Crippen LogP) is -1.16. The molecule has 5 rings (SSSR count). The van der Waals surface area contributed by atoms with Crippen LogP contribution < -0.4 is 14.2 Å². The number of phenolic OH excluding ortho intramolecular Hbond substituents is 2. The third-order valence-electron chi connectivity index (χ3n) is 7.70. The summed E-state index contributed by atoms with van der Waals surface area (Å²) in [5.74, 6) is -0.999. The number of carbonyl (C=O) groups is 1. The summed E-state index contributed by atoms with van der Waals surface area (Å²) in [6.07, 6.45) is -15.9. The van der Waals surface area contributed by atoms with Crippen molar-refractivity contribution in [3.8, 4) is 28.7 Å². The smallest absolute Gasteiger partial charge is 0.229 e. The Balaban J connectivity index is 1.30. The second-order valence-electron chi connectivity index (χ2n) is 10.6. The van der Waals surface area contributed by atoms with Crippen LogP contribution in [0.15, 0.2) is 30.3 Å². The molecule has 0 radical (unpaired) electrons. The van der Waals surface area contributed by atoms with Gasteiger partial charge in [0, 0.05) is 12.1 Å². The van der Waals surface area contributed by atoms with Gasteiger partial charge in [0.05, 0.1) is 26.2 Å². The van der Waals surface area contributed by atoms with Gasteiger partial charge in [-0.15, -0.1) is 0 Å². The van der Waals surface area contributed by atoms with Crippen LogP contribution in [0.5, 0.6) is 28.7 Å². The molecule has 0 aliphatic carbocycles. The van der Waals surface area contributed by atoms with Gasteiger partial charge in [0.25, 0.3) is 0 Å². The van der Waals surface area contributed by atoms with E-state index in [4.69, 9.17) is 28.4 Å². The molecule has 15 nitrogen and oxygen atoms in total. The van der Waals surface area contributed by atoms with Crippen LogP contribution in [0.3, 0.4) is 0 Å². The topological polar surface area (TPSA) is 234 Å². The summed E-state index contributed by atoms with van der Waals surface area (Å²) in [4.78, 5) is 12.9. The minimum Gasteiger partial charge on any atom is -0.507 e. The average Bonchev–Trinajstić information content (AvgIpc) is 2.97. The number of hydrogen-bond donors (Lipinski definition) is 8. The van der Waals surface area contributed by atoms with Crippen molar-refractivity contribution in [2.24, 2.45) is 0 Å². The monoisotopic (exact) mass is 610 g/mol. The van der Waals surface area contributed by atoms with Crippen LogP contribution in [0.25, 0.3) is 0 Å². The van der Waals surface area contributed by atoms with Crippen molar-refractivity contribution in [3.63, 3.8) is 0 Å². The van der Waals surface area contributed by atoms with Gasteiger partial charge in [-0.3, -0.25) is 4.79 Å². The van der Waals surface area contributed by atoms with Crippen molar-refractivity contribution in [1.82, 2.24) is 0 Å². The molecule has 0 aromatic heterocycles. The molecule has 2 aromatic rings. The Bertz CT molecular complexity index is 1320. The Hall–Kier alpha value is -3.25. The third-order valence-corrected chi connectivity index (χ3v) is 7.70. The summed E-state index contributed by atoms with van der Waals surface area (Å²) in [6.45, 7) is 0.964. The normalized spacial score (nSPS) is 36.0. The molecule has 0 unspecified atom stereocenters. The molecule has 3 aliphatic heterocycles. The molecule has 8 N–H and O–H groups in total. The number of carbonyl (C=O) groups excluding carboxylic acids is 1. The fourth-order valence-corrected chi connectivity index (χ4v) is 5.20. The second-order valence-corrected chi connectivity index (χ2v) is 10.6. The van der Waals surface area contributed by atoms with Crippen molar-refractivity contribution in [2.75, 3.05) is 13.7 Å². The van der Waals surface area contributed by atoms with E-state index in [1.807, 2.05) is 0 Å². The van der Waals surface area contributed by atoms with Crippen LogP contribution in [0.4, 0.5) is 0 Å². The van der Waals surface area contributed by atoms with Gasteiger partial charge in [0.1, 0.15) is 71.6 Å². The van der Waals surface area contributed by atoms with E-state index in [9.17, 15) is 45.6 Å². The first kappa shape index (κ1) is 31.2. The van der Waals surface area contributed by atoms with E-state index < -0.39 is 85.7 Å². The Morgan fingerprint density at radius 1 is 0.837 bits per heavy atom. The molecule has 2 fully saturated rings. The number of rotatable bonds is 7. The van der Waals surface area contributed by atoms with Crippen molar-refractivity contribution in [3.05, 3.63) is 41.5 Å². The van der Waals surface area contributed by atoms with Crippen LogP contribution in [0.1, 0.15) is 35.4 Å². The summed E-state index contributed by atoms with van der Waals surface area (Å²) in [7, 11) is 1.39. The summed E-state index contributed by atoms with van der Waals surface area (Å²) in [5, 5.41) is 82.2. The first-order valence-corrected chi connectivity index (χ1v) is 13.5. The molecular formula is C28H34O15. The van der Waals surface area contributed by atoms with Gasteiger partial charge in [-0.05, 0) is 24.6 Å². The molecule has 2 aromatic carbocycles. The minimum atomic E-state index is -1.77. The molecule has 3 heterocycles. The molecule has 2 saturated heterocycles. The second kappa shape index (κ2) is 12.4. The highest BCUT2D eigenvalue weighted by Gasteiger charge is 2.47. The lowest BCUT2D eigenvalue weighted by Crippen LogP contribution is -2.61. The van der Waals surface area contributed by atoms with Gasteiger partial charge >= 0.3 is 0 Å². The number of aromatic hydroxyl groups is 2. The number of hydrogen-bond acceptors (Lipinski definition) is 15. The minimum absolute atomic E-state index is 0.0457. The number of phenols is 2. The van der Waals surface area contributed by atoms with E-state index >= 15 is 0 Å². The summed E-state index contributed by atoms with van der Waals surface area (Å²) < 4.78 is 33.1. The van der Waals surface area contributed by atoms with Gasteiger partial charge in [-0.1, -0.05) is 6.07 Å². The van der Waals surface area contributed by atoms with E-state index in [-0.39, 0.29) is 35.0 Å². The Morgan fingerprint density at radius 2 is 1.53 bits per heavy atom. The van der Waals surface area contributed by atoms with E-state index in [0.29, 0.717) is 5.56 Å². The quantitative estimate of drug-likeness (QED) is 0.185. The highest BCUT2D eigenvalue weighted by atomic mass is 16.7. The molecule has 0 bridgehead atoms. The van der Waals surface area contributed by atoms with Gasteiger partial charge < -0.3 is 69.3 Å². The highest BCUT2D eigenvalue weighted by molar-refractivity contribution is 6.02. The average molecular weight is 611 g/mol. The number of aliphatic hydroxyl groups excluding tert-OH is 6. The first-order valence-electron chi connectivity index (χ1n) is 13.5. The molecule has 0 saturated carbocycles. The number of ether oxygens (including phenoxy) is 6. The maximum Gasteiger partial charge on any atom is 0.229 e. The van der Waals surface area contributed by atoms with Gasteiger partial charge in [0.2, 0.25) is 6.29 Å². The fraction of sp³-hybridized carbons (Fsp3) is 0.536. The predicted molar refractivity (Wildman–Crippen MR) is 141 cm³/mol. The van der Waals surface area contributed by atoms with Gasteiger partial charge in [-0.25, -0.2) is 0 Å². The molecule has 0 spiro atoms. The number of aliphatic hydroxyl groups is 6. The van der Waals surface area contributed by atoms with E-state index in [0.717, 1.165) is 6.07 Å². The zero-order valence-electron chi connectivity index (χ0n) is 23.1. The Labute approximate surface area is 245 Å². The van der Waals surface area contributed by atoms with E-state index in [1.165, 1.54) is 32.2 Å². The number of fused-ring (bicyclic) bond motifs is 1. The molecular weight excluding hydrogens is 576 g/mol. The molecule has 43 heavy (non-hydrogen) atoms. The Morgan fingerprint density at radius 3 is 2.23 bits per heavy atom. The van der Waals surface area contributed by atoms with Crippen LogP contribution in [-0.4, -0.2) is 122 Å². The first-order chi connectivity index (χ1) is 20.4. The fourth-order valence-electron chi connectivity index (χ4n) is 5.20. The lowest BCUT2D eigenvalue weighted by molar-refractivity contribution is -0.318. The summed E-state index contributed by atoms with van der Waals surface area (Å²) in [6, 6.07) is 6.90. The summed E-state index contributed by atoms with van der Waals surface area (Å²) >= 11 is 0. The molecule has 236 valence electrons. The van der Waals surface area contributed by atoms with Crippen molar-refractivity contribution < 1.29 is 74.1 Å². The summed E-state index contributed by atoms with van der Waals surface area (Å²) in [5.41, 5.74) is 0.373. The third kappa shape index (κ3) is 6.08. The van der Waals surface area contributed by atoms with E-state index in [2.05, 4.69) is 0 Å². The van der Waals surface area contributed by atoms with E-state index in [1.54, 1.807) is 6.07 Å². The standard InChI is InChI=1S/C28H34O15/c1-10-21(32)23(34)25(36)27(40-10)39-9-19-22(33)24(35)26(37)28(43-19)41-12-6-14(30)20-15(31)8-17(42-18(20)7-12)11-3-4-16(38-2)13(29)5-11/h3-7,10,17,19,21-30,32-37H,8-9H2,1-2H3/t10-,17+,19-,21+,22-,23+,24-,25+,26+,27-,28-/m1/s1. The van der Waals surface area contributed by atoms with Crippen LogP contribution in [0, 0.1) is 0 Å². The number of Topliss-reactive ketones (excluding diaryl/α,β-unsaturated/α-hetero) is 1. The Kier molecular flexibility index (Phi) is 8.99. The number of benzene rings is 2. The number of methoxy groups -OCH3 is 1. The largest absolute Gasteiger partial charge is 0.507 e. The zero-order valence-corrected chi connectivity index (χ0v) is 23.1. The maximum atomic E-state index is 12.9. The SMILES string of the molecule is COc1ccc([C@@H]2CC(=O)c3c(O)cc(O[C@@H]4O[C@H](CO[C@@H]5O[C@H](C)[C@H](O)[C@H](O)[C@@H]5O)[C@@H](O)[C@@H](O)[C@@H]4O)cc3O2)cc1O. The zero-order chi connectivity index (χ0) is 31.2. The molecule has 11 atom stereocenters. The van der Waals surface area contributed by atoms with Crippen LogP contribution in [-0.2, 0) is 14.2 Å². The maximum absolute atomic E-state index is 12.9. The van der Waals surface area contributed by atoms with Crippen LogP contribution in [0.2, 0.25) is 0 Å². The van der Waals surface area contributed by atoms with Crippen molar-refractivity contribution in [2.45, 2.75) is 80.9 Å². The van der Waals surface area contributed by atoms with Gasteiger partial charge in [-0.2, -0.15) is 0 Å². The molecule has 3 aliphatic rings. The van der Waals surface area contributed by atoms with Crippen molar-refractivity contribution >= 4 is 5.78 Å². The molecule has 15 heteroatoms. The van der Waals surface area contributed by atoms with Crippen molar-refractivity contribution in [1.29, 1.82) is 0 Å². The van der Waals surface area contributed by atoms with Crippen LogP contribution >= 0.6 is 0 Å². The lowest BCUT2D eigenvalue weighted by Gasteiger charge is -2.42. The number of ketones is 1. The highest BCUT2D eigenvalue weighted by Crippen LogP contribution is 2.43. The van der Waals surface area contributed by atoms with Gasteiger partial charge in [0.15, 0.2) is 23.6 Å². The molecule has 0 amide bonds. The lowest BCUT2D eigenvalue weighted by atomic mass is 9.95.